The monoisotopic (exact) mass is 417 g/mol. The van der Waals surface area contributed by atoms with Crippen molar-refractivity contribution >= 4 is 28.3 Å². The van der Waals surface area contributed by atoms with E-state index in [-0.39, 0.29) is 23.6 Å². The molecule has 6 nitrogen and oxygen atoms in total. The molecule has 0 bridgehead atoms. The van der Waals surface area contributed by atoms with Crippen LogP contribution in [0.5, 0.6) is 5.75 Å². The molecule has 1 aliphatic heterocycles. The number of hydrogen-bond donors (Lipinski definition) is 3. The van der Waals surface area contributed by atoms with Crippen LogP contribution in [0.1, 0.15) is 44.9 Å². The molecule has 2 heterocycles. The van der Waals surface area contributed by atoms with Crippen molar-refractivity contribution in [3.8, 4) is 5.75 Å². The first-order chi connectivity index (χ1) is 14.1. The second-order valence-corrected chi connectivity index (χ2v) is 8.64. The lowest BCUT2D eigenvalue weighted by atomic mass is 9.91. The van der Waals surface area contributed by atoms with E-state index in [0.717, 1.165) is 57.0 Å². The standard InChI is InChI=1S/C22H28ClN3O3/c23-19-13-18-15(7-10-25-22(18)28)12-20(19)29-17-3-1-16(2-4-17)26-21(27)11-14-5-8-24-9-6-14/h7,10,12-14,16-17,24H,1-6,8-9,11H2,(H,25,28)(H,26,27). The molecule has 1 saturated carbocycles. The van der Waals surface area contributed by atoms with Gasteiger partial charge in [-0.15, -0.1) is 0 Å². The Bertz CT molecular complexity index is 915. The Kier molecular flexibility index (Phi) is 6.40. The van der Waals surface area contributed by atoms with Crippen molar-refractivity contribution in [2.45, 2.75) is 57.1 Å². The number of carbonyl (C=O) groups is 1. The minimum Gasteiger partial charge on any atom is -0.489 e. The Morgan fingerprint density at radius 2 is 1.90 bits per heavy atom. The largest absolute Gasteiger partial charge is 0.489 e. The molecule has 0 spiro atoms. The van der Waals surface area contributed by atoms with Crippen molar-refractivity contribution in [1.82, 2.24) is 15.6 Å². The maximum atomic E-state index is 12.3. The summed E-state index contributed by atoms with van der Waals surface area (Å²) in [5.41, 5.74) is -0.156. The molecule has 7 heteroatoms. The number of aromatic amines is 1. The number of pyridine rings is 1. The van der Waals surface area contributed by atoms with Gasteiger partial charge in [0.05, 0.1) is 11.1 Å². The molecular formula is C22H28ClN3O3. The lowest BCUT2D eigenvalue weighted by Crippen LogP contribution is -2.41. The zero-order valence-corrected chi connectivity index (χ0v) is 17.3. The highest BCUT2D eigenvalue weighted by Crippen LogP contribution is 2.32. The third-order valence-corrected chi connectivity index (χ3v) is 6.39. The normalized spacial score (nSPS) is 23.1. The summed E-state index contributed by atoms with van der Waals surface area (Å²) in [4.78, 5) is 26.9. The molecule has 1 aliphatic carbocycles. The van der Waals surface area contributed by atoms with Crippen molar-refractivity contribution in [3.05, 3.63) is 39.8 Å². The lowest BCUT2D eigenvalue weighted by molar-refractivity contribution is -0.123. The molecule has 1 saturated heterocycles. The van der Waals surface area contributed by atoms with Crippen molar-refractivity contribution in [1.29, 1.82) is 0 Å². The van der Waals surface area contributed by atoms with E-state index in [9.17, 15) is 9.59 Å². The second-order valence-electron chi connectivity index (χ2n) is 8.23. The quantitative estimate of drug-likeness (QED) is 0.696. The van der Waals surface area contributed by atoms with Crippen LogP contribution in [-0.2, 0) is 4.79 Å². The minimum atomic E-state index is -0.156. The number of piperidine rings is 1. The van der Waals surface area contributed by atoms with Gasteiger partial charge in [-0.25, -0.2) is 0 Å². The lowest BCUT2D eigenvalue weighted by Gasteiger charge is -2.30. The zero-order chi connectivity index (χ0) is 20.2. The van der Waals surface area contributed by atoms with Gasteiger partial charge in [0, 0.05) is 24.0 Å². The molecule has 3 N–H and O–H groups in total. The van der Waals surface area contributed by atoms with E-state index < -0.39 is 0 Å². The van der Waals surface area contributed by atoms with E-state index in [0.29, 0.717) is 28.5 Å². The van der Waals surface area contributed by atoms with Crippen molar-refractivity contribution in [2.24, 2.45) is 5.92 Å². The first kappa shape index (κ1) is 20.2. The number of carbonyl (C=O) groups excluding carboxylic acids is 1. The fourth-order valence-corrected chi connectivity index (χ4v) is 4.63. The van der Waals surface area contributed by atoms with Crippen molar-refractivity contribution < 1.29 is 9.53 Å². The molecule has 0 atom stereocenters. The summed E-state index contributed by atoms with van der Waals surface area (Å²) in [5.74, 6) is 1.31. The van der Waals surface area contributed by atoms with E-state index in [1.54, 1.807) is 12.3 Å². The average molecular weight is 418 g/mol. The fraction of sp³-hybridized carbons (Fsp3) is 0.545. The molecule has 1 amide bonds. The predicted molar refractivity (Wildman–Crippen MR) is 115 cm³/mol. The van der Waals surface area contributed by atoms with Crippen LogP contribution in [0.3, 0.4) is 0 Å². The van der Waals surface area contributed by atoms with Gasteiger partial charge in [-0.2, -0.15) is 0 Å². The van der Waals surface area contributed by atoms with Crippen LogP contribution in [0, 0.1) is 5.92 Å². The molecule has 0 unspecified atom stereocenters. The summed E-state index contributed by atoms with van der Waals surface area (Å²) < 4.78 is 6.15. The van der Waals surface area contributed by atoms with Crippen LogP contribution in [0.25, 0.3) is 10.8 Å². The highest BCUT2D eigenvalue weighted by atomic mass is 35.5. The van der Waals surface area contributed by atoms with E-state index >= 15 is 0 Å². The van der Waals surface area contributed by atoms with Gasteiger partial charge in [-0.05, 0) is 81.1 Å². The molecule has 29 heavy (non-hydrogen) atoms. The number of halogens is 1. The van der Waals surface area contributed by atoms with Gasteiger partial charge in [0.2, 0.25) is 5.91 Å². The third-order valence-electron chi connectivity index (χ3n) is 6.09. The van der Waals surface area contributed by atoms with Crippen LogP contribution >= 0.6 is 11.6 Å². The van der Waals surface area contributed by atoms with Gasteiger partial charge in [0.15, 0.2) is 0 Å². The average Bonchev–Trinajstić information content (AvgIpc) is 2.71. The predicted octanol–water partition coefficient (Wildman–Crippen LogP) is 3.38. The zero-order valence-electron chi connectivity index (χ0n) is 16.5. The molecule has 1 aromatic heterocycles. The highest BCUT2D eigenvalue weighted by Gasteiger charge is 2.25. The maximum absolute atomic E-state index is 12.3. The van der Waals surface area contributed by atoms with E-state index in [4.69, 9.17) is 16.3 Å². The summed E-state index contributed by atoms with van der Waals surface area (Å²) in [6.45, 7) is 2.04. The van der Waals surface area contributed by atoms with Crippen LogP contribution in [-0.4, -0.2) is 36.1 Å². The van der Waals surface area contributed by atoms with Crippen LogP contribution in [0.2, 0.25) is 5.02 Å². The first-order valence-corrected chi connectivity index (χ1v) is 10.9. The summed E-state index contributed by atoms with van der Waals surface area (Å²) in [7, 11) is 0. The van der Waals surface area contributed by atoms with E-state index in [2.05, 4.69) is 15.6 Å². The number of benzene rings is 1. The Labute approximate surface area is 175 Å². The van der Waals surface area contributed by atoms with E-state index in [1.807, 2.05) is 12.1 Å². The van der Waals surface area contributed by atoms with Crippen LogP contribution < -0.4 is 20.9 Å². The first-order valence-electron chi connectivity index (χ1n) is 10.6. The Hall–Kier alpha value is -2.05. The number of amides is 1. The van der Waals surface area contributed by atoms with Gasteiger partial charge in [-0.3, -0.25) is 9.59 Å². The number of H-pyrrole nitrogens is 1. The topological polar surface area (TPSA) is 83.2 Å². The third kappa shape index (κ3) is 5.11. The fourth-order valence-electron chi connectivity index (χ4n) is 4.42. The molecule has 156 valence electrons. The van der Waals surface area contributed by atoms with Gasteiger partial charge >= 0.3 is 0 Å². The van der Waals surface area contributed by atoms with Crippen molar-refractivity contribution in [2.75, 3.05) is 13.1 Å². The summed E-state index contributed by atoms with van der Waals surface area (Å²) in [6.07, 6.45) is 8.10. The second kappa shape index (κ2) is 9.18. The molecular weight excluding hydrogens is 390 g/mol. The molecule has 2 fully saturated rings. The molecule has 2 aliphatic rings. The Morgan fingerprint density at radius 1 is 1.14 bits per heavy atom. The number of ether oxygens (including phenoxy) is 1. The Morgan fingerprint density at radius 3 is 2.66 bits per heavy atom. The highest BCUT2D eigenvalue weighted by molar-refractivity contribution is 6.32. The number of nitrogens with one attached hydrogen (secondary N) is 3. The molecule has 1 aromatic carbocycles. The van der Waals surface area contributed by atoms with Gasteiger partial charge in [0.25, 0.3) is 5.56 Å². The van der Waals surface area contributed by atoms with E-state index in [1.165, 1.54) is 0 Å². The number of hydrogen-bond acceptors (Lipinski definition) is 4. The number of rotatable bonds is 5. The summed E-state index contributed by atoms with van der Waals surface area (Å²) in [6, 6.07) is 5.57. The maximum Gasteiger partial charge on any atom is 0.255 e. The van der Waals surface area contributed by atoms with Crippen molar-refractivity contribution in [3.63, 3.8) is 0 Å². The molecule has 0 radical (unpaired) electrons. The van der Waals surface area contributed by atoms with Crippen LogP contribution in [0.4, 0.5) is 0 Å². The Balaban J connectivity index is 1.28. The van der Waals surface area contributed by atoms with Crippen LogP contribution in [0.15, 0.2) is 29.2 Å². The van der Waals surface area contributed by atoms with Gasteiger partial charge in [-0.1, -0.05) is 11.6 Å². The van der Waals surface area contributed by atoms with Gasteiger partial charge in [0.1, 0.15) is 5.75 Å². The molecule has 4 rings (SSSR count). The molecule has 2 aromatic rings. The SMILES string of the molecule is O=C(CC1CCNCC1)NC1CCC(Oc2cc3cc[nH]c(=O)c3cc2Cl)CC1. The minimum absolute atomic E-state index is 0.0736. The smallest absolute Gasteiger partial charge is 0.255 e. The van der Waals surface area contributed by atoms with Gasteiger partial charge < -0.3 is 20.4 Å². The number of aromatic nitrogens is 1. The summed E-state index contributed by atoms with van der Waals surface area (Å²) >= 11 is 6.35. The summed E-state index contributed by atoms with van der Waals surface area (Å²) in [5, 5.41) is 8.37. The number of fused-ring (bicyclic) bond motifs is 1.